The van der Waals surface area contributed by atoms with Crippen molar-refractivity contribution in [1.29, 1.82) is 0 Å². The molecule has 0 radical (unpaired) electrons. The zero-order valence-electron chi connectivity index (χ0n) is 66.6. The van der Waals surface area contributed by atoms with Crippen LogP contribution in [0.25, 0.3) is 11.1 Å². The third-order valence-electron chi connectivity index (χ3n) is 23.2. The third kappa shape index (κ3) is 22.6. The van der Waals surface area contributed by atoms with E-state index in [1.54, 1.807) is 6.92 Å². The van der Waals surface area contributed by atoms with E-state index in [0.29, 0.717) is 12.8 Å². The maximum atomic E-state index is 14.5. The van der Waals surface area contributed by atoms with Gasteiger partial charge in [-0.2, -0.15) is 0 Å². The van der Waals surface area contributed by atoms with Crippen LogP contribution in [0.5, 0.6) is 0 Å². The number of halogens is 3. The number of alkyl carbamates (subject to hydrolysis) is 1. The van der Waals surface area contributed by atoms with Gasteiger partial charge in [0.2, 0.25) is 3.79 Å². The summed E-state index contributed by atoms with van der Waals surface area (Å²) >= 11 is 18.3. The van der Waals surface area contributed by atoms with Crippen molar-refractivity contribution in [2.75, 3.05) is 39.6 Å². The highest BCUT2D eigenvalue weighted by atomic mass is 35.6. The Balaban J connectivity index is 0.890. The number of hydrogen-bond acceptors (Lipinski definition) is 22. The molecular formula is C89H110Cl3NO22. The van der Waals surface area contributed by atoms with Crippen molar-refractivity contribution in [3.63, 3.8) is 0 Å². The van der Waals surface area contributed by atoms with E-state index in [9.17, 15) is 19.5 Å². The van der Waals surface area contributed by atoms with Gasteiger partial charge in [0.05, 0.1) is 95.0 Å². The van der Waals surface area contributed by atoms with Gasteiger partial charge >= 0.3 is 18.4 Å². The maximum Gasteiger partial charge on any atom is 0.509 e. The van der Waals surface area contributed by atoms with Crippen LogP contribution in [0.4, 0.5) is 14.4 Å². The summed E-state index contributed by atoms with van der Waals surface area (Å²) in [6.07, 6.45) is -17.3. The Labute approximate surface area is 689 Å². The van der Waals surface area contributed by atoms with Gasteiger partial charge in [-0.15, -0.1) is 0 Å². The summed E-state index contributed by atoms with van der Waals surface area (Å²) in [6, 6.07) is 53.9. The van der Waals surface area contributed by atoms with Crippen molar-refractivity contribution in [2.24, 2.45) is 41.4 Å². The van der Waals surface area contributed by atoms with Crippen LogP contribution in [0, 0.1) is 41.4 Å². The number of aliphatic hydroxyl groups excluding tert-OH is 1. The van der Waals surface area contributed by atoms with Crippen molar-refractivity contribution in [1.82, 2.24) is 5.32 Å². The molecule has 6 aliphatic rings. The molecule has 10 unspecified atom stereocenters. The van der Waals surface area contributed by atoms with E-state index in [4.69, 9.17) is 120 Å². The number of hydrogen-bond donors (Lipinski definition) is 2. The number of nitrogens with one attached hydrogen (secondary N) is 1. The standard InChI is InChI=1S/C89H110Cl3NO22/c1-11-42-100-87(96)114-78-53(5)52(4)68(12-2)106-83(78)103-50-70-56(8)77(113-84-79(58(10)74(94)69(13-3)107-84)115-88(97)104-47-67-65-40-28-26-38-63(65)64-39-27-29-41-66(64)67)80(101-45-61-34-22-16-23-35-61)85(108-70)112-75-54(6)55(7)81(109-71(75)48-98-43-59-30-18-14-19-31-59)111-76-57(9)73(93-86(95)105-51-89(90,91)92)82(102-46-62-36-24-17-25-37-62)110-72(76)49-99-44-60-32-20-15-21-33-60/h11,14-41,52-58,67-85,94H,1,12-13,42-51H2,2-10H3,(H,93,95)/t52-,53-,54+,55?,56+,57+,58-,68?,69?,70?,71?,72?,73?,74-,75-,76-,77-,78?,79?,80?,81-,82+,83-,84+,85-/m0/s1. The molecular weight excluding hydrogens is 1540 g/mol. The first-order valence-corrected chi connectivity index (χ1v) is 41.2. The summed E-state index contributed by atoms with van der Waals surface area (Å²) in [7, 11) is 0. The van der Waals surface area contributed by atoms with Gasteiger partial charge in [0.15, 0.2) is 43.7 Å². The molecule has 1 amide bonds. The molecule has 5 heterocycles. The molecule has 6 aromatic carbocycles. The molecule has 5 aliphatic heterocycles. The molecule has 2 N–H and O–H groups in total. The SMILES string of the molecule is C=CCOC(=O)OC1[C@@H](OCC2O[C@@H](O[C@@H]3C(COCc4ccccc4)O[C@@H](O[C@@H]4C(COCc5ccccc5)O[C@@H](OCc5ccccc5)C(NC(=O)OCC(Cl)(Cl)Cl)[C@H]4C)C(C)[C@H]3C)C(OCc3ccccc3)[C@@H](O[C@H]3OC(CC)[C@@H](O)[C@H](C)C3OC(=O)OCC3c4ccccc4-c4ccccc43)[C@@H]2C)OC(CC)[C@@H](C)[C@@H]1C. The predicted octanol–water partition coefficient (Wildman–Crippen LogP) is 16.2. The second kappa shape index (κ2) is 41.7. The molecule has 0 aromatic heterocycles. The molecule has 5 saturated heterocycles. The number of alkyl halides is 3. The Kier molecular flexibility index (Phi) is 31.7. The van der Waals surface area contributed by atoms with E-state index in [2.05, 4.69) is 24.0 Å². The minimum atomic E-state index is -1.91. The summed E-state index contributed by atoms with van der Waals surface area (Å²) in [5.41, 5.74) is 7.66. The van der Waals surface area contributed by atoms with Gasteiger partial charge in [-0.1, -0.05) is 280 Å². The Morgan fingerprint density at radius 1 is 0.426 bits per heavy atom. The molecule has 23 nitrogen and oxygen atoms in total. The Bertz CT molecular complexity index is 3960. The van der Waals surface area contributed by atoms with Crippen molar-refractivity contribution in [3.8, 4) is 11.1 Å². The van der Waals surface area contributed by atoms with Crippen molar-refractivity contribution < 1.29 is 105 Å². The van der Waals surface area contributed by atoms with E-state index >= 15 is 0 Å². The molecule has 26 heteroatoms. The monoisotopic (exact) mass is 1650 g/mol. The molecule has 25 atom stereocenters. The Morgan fingerprint density at radius 3 is 1.43 bits per heavy atom. The number of benzene rings is 6. The molecule has 0 saturated carbocycles. The molecule has 12 rings (SSSR count). The first-order chi connectivity index (χ1) is 55.6. The highest BCUT2D eigenvalue weighted by Gasteiger charge is 2.56. The third-order valence-corrected chi connectivity index (χ3v) is 23.6. The van der Waals surface area contributed by atoms with E-state index in [1.807, 2.05) is 213 Å². The molecule has 0 spiro atoms. The van der Waals surface area contributed by atoms with E-state index in [-0.39, 0.29) is 83.3 Å². The average molecular weight is 1650 g/mol. The summed E-state index contributed by atoms with van der Waals surface area (Å²) in [4.78, 5) is 41.8. The average Bonchev–Trinajstić information content (AvgIpc) is 1.67. The van der Waals surface area contributed by atoms with Gasteiger partial charge in [0.1, 0.15) is 38.1 Å². The molecule has 0 bridgehead atoms. The summed E-state index contributed by atoms with van der Waals surface area (Å²) < 4.78 is 119. The van der Waals surface area contributed by atoms with Crippen molar-refractivity contribution >= 4 is 53.2 Å². The lowest BCUT2D eigenvalue weighted by atomic mass is 9.82. The van der Waals surface area contributed by atoms with Crippen LogP contribution in [0.1, 0.15) is 114 Å². The fraction of sp³-hybridized carbons (Fsp3) is 0.539. The molecule has 5 fully saturated rings. The number of aliphatic hydroxyl groups is 1. The van der Waals surface area contributed by atoms with Crippen molar-refractivity contribution in [3.05, 3.63) is 216 Å². The van der Waals surface area contributed by atoms with Crippen LogP contribution < -0.4 is 5.32 Å². The number of fused-ring (bicyclic) bond motifs is 3. The lowest BCUT2D eigenvalue weighted by Gasteiger charge is -2.52. The van der Waals surface area contributed by atoms with Crippen LogP contribution >= 0.6 is 34.8 Å². The predicted molar refractivity (Wildman–Crippen MR) is 428 cm³/mol. The summed E-state index contributed by atoms with van der Waals surface area (Å²) in [5, 5.41) is 15.0. The number of carbonyl (C=O) groups excluding carboxylic acids is 3. The Morgan fingerprint density at radius 2 is 0.878 bits per heavy atom. The second-order valence-electron chi connectivity index (χ2n) is 30.9. The number of ether oxygens (including phenoxy) is 18. The number of rotatable bonds is 33. The van der Waals surface area contributed by atoms with Crippen LogP contribution in [-0.4, -0.2) is 178 Å². The first kappa shape index (κ1) is 87.5. The topological polar surface area (TPSA) is 250 Å². The molecule has 624 valence electrons. The van der Waals surface area contributed by atoms with E-state index in [1.165, 1.54) is 6.08 Å². The Hall–Kier alpha value is -6.82. The molecule has 1 aliphatic carbocycles. The van der Waals surface area contributed by atoms with Crippen LogP contribution in [0.2, 0.25) is 0 Å². The largest absolute Gasteiger partial charge is 0.509 e. The maximum absolute atomic E-state index is 14.5. The van der Waals surface area contributed by atoms with Gasteiger partial charge < -0.3 is 95.7 Å². The number of carbonyl (C=O) groups is 3. The fourth-order valence-electron chi connectivity index (χ4n) is 16.3. The summed E-state index contributed by atoms with van der Waals surface area (Å²) in [6.45, 7) is 21.1. The second-order valence-corrected chi connectivity index (χ2v) is 33.4. The minimum Gasteiger partial charge on any atom is -0.445 e. The lowest BCUT2D eigenvalue weighted by Crippen LogP contribution is -2.65. The normalized spacial score (nSPS) is 32.1. The molecule has 115 heavy (non-hydrogen) atoms. The van der Waals surface area contributed by atoms with Gasteiger partial charge in [-0.05, 0) is 69.2 Å². The lowest BCUT2D eigenvalue weighted by molar-refractivity contribution is -0.380. The van der Waals surface area contributed by atoms with Gasteiger partial charge in [-0.25, -0.2) is 14.4 Å². The zero-order valence-corrected chi connectivity index (χ0v) is 68.9. The van der Waals surface area contributed by atoms with E-state index < -0.39 is 163 Å². The van der Waals surface area contributed by atoms with Gasteiger partial charge in [-0.3, -0.25) is 0 Å². The van der Waals surface area contributed by atoms with Crippen LogP contribution in [0.15, 0.2) is 183 Å². The van der Waals surface area contributed by atoms with E-state index in [0.717, 1.165) is 44.5 Å². The fourth-order valence-corrected chi connectivity index (χ4v) is 16.4. The quantitative estimate of drug-likeness (QED) is 0.0168. The smallest absolute Gasteiger partial charge is 0.445 e. The molecule has 6 aromatic rings. The van der Waals surface area contributed by atoms with Gasteiger partial charge in [0.25, 0.3) is 0 Å². The zero-order chi connectivity index (χ0) is 81.3. The minimum absolute atomic E-state index is 0.0222. The van der Waals surface area contributed by atoms with Gasteiger partial charge in [0, 0.05) is 35.5 Å². The van der Waals surface area contributed by atoms with Crippen LogP contribution in [0.3, 0.4) is 0 Å². The van der Waals surface area contributed by atoms with Crippen LogP contribution in [-0.2, 0) is 112 Å². The first-order valence-electron chi connectivity index (χ1n) is 40.1. The van der Waals surface area contributed by atoms with Crippen molar-refractivity contribution in [2.45, 2.75) is 222 Å². The number of amides is 1. The summed E-state index contributed by atoms with van der Waals surface area (Å²) in [5.74, 6) is -3.64. The highest BCUT2D eigenvalue weighted by Crippen LogP contribution is 2.47. The highest BCUT2D eigenvalue weighted by molar-refractivity contribution is 6.67.